The number of rotatable bonds is 6. The van der Waals surface area contributed by atoms with Crippen molar-refractivity contribution in [2.75, 3.05) is 6.61 Å². The van der Waals surface area contributed by atoms with E-state index in [1.807, 2.05) is 0 Å². The first-order valence-electron chi connectivity index (χ1n) is 5.76. The molecule has 0 saturated carbocycles. The minimum atomic E-state index is -2.89. The molecule has 0 unspecified atom stereocenters. The predicted octanol–water partition coefficient (Wildman–Crippen LogP) is 3.60. The molecule has 1 rings (SSSR count). The Labute approximate surface area is 119 Å². The molecule has 0 amide bonds. The Morgan fingerprint density at radius 2 is 2.11 bits per heavy atom. The molecule has 106 valence electrons. The van der Waals surface area contributed by atoms with Crippen molar-refractivity contribution in [2.24, 2.45) is 0 Å². The number of esters is 1. The number of alkyl halides is 3. The van der Waals surface area contributed by atoms with Crippen LogP contribution in [-0.2, 0) is 21.3 Å². The van der Waals surface area contributed by atoms with Gasteiger partial charge in [0.25, 0.3) is 0 Å². The first-order valence-corrected chi connectivity index (χ1v) is 6.88. The molecule has 0 aromatic heterocycles. The van der Waals surface area contributed by atoms with E-state index in [1.165, 1.54) is 6.07 Å². The van der Waals surface area contributed by atoms with Crippen molar-refractivity contribution in [1.29, 1.82) is 0 Å². The molecule has 0 bridgehead atoms. The molecule has 0 aliphatic carbocycles. The minimum Gasteiger partial charge on any atom is -0.466 e. The van der Waals surface area contributed by atoms with Gasteiger partial charge in [-0.1, -0.05) is 22.0 Å². The number of hydrogen-bond acceptors (Lipinski definition) is 3. The van der Waals surface area contributed by atoms with Gasteiger partial charge in [-0.05, 0) is 36.6 Å². The van der Waals surface area contributed by atoms with Crippen molar-refractivity contribution in [2.45, 2.75) is 32.2 Å². The summed E-state index contributed by atoms with van der Waals surface area (Å²) in [5, 5.41) is 0.495. The highest BCUT2D eigenvalue weighted by atomic mass is 79.9. The van der Waals surface area contributed by atoms with Crippen LogP contribution in [0, 0.1) is 6.92 Å². The van der Waals surface area contributed by atoms with E-state index in [-0.39, 0.29) is 18.8 Å². The van der Waals surface area contributed by atoms with Gasteiger partial charge in [0.15, 0.2) is 0 Å². The molecule has 3 nitrogen and oxygen atoms in total. The Bertz CT molecular complexity index is 450. The van der Waals surface area contributed by atoms with Crippen molar-refractivity contribution in [3.05, 3.63) is 28.8 Å². The molecule has 1 aromatic carbocycles. The second-order valence-corrected chi connectivity index (χ2v) is 4.43. The van der Waals surface area contributed by atoms with Gasteiger partial charge in [0, 0.05) is 5.33 Å². The zero-order valence-electron chi connectivity index (χ0n) is 10.7. The first-order chi connectivity index (χ1) is 8.97. The third kappa shape index (κ3) is 4.78. The molecule has 0 radical (unpaired) electrons. The summed E-state index contributed by atoms with van der Waals surface area (Å²) in [6, 6.07) is 3.23. The van der Waals surface area contributed by atoms with Crippen LogP contribution in [-0.4, -0.2) is 19.2 Å². The Morgan fingerprint density at radius 3 is 2.63 bits per heavy atom. The number of carbonyl (C=O) groups excluding carboxylic acids is 1. The van der Waals surface area contributed by atoms with Crippen molar-refractivity contribution in [3.8, 4) is 5.75 Å². The maximum Gasteiger partial charge on any atom is 0.387 e. The van der Waals surface area contributed by atoms with Crippen LogP contribution in [0.15, 0.2) is 12.1 Å². The second kappa shape index (κ2) is 7.43. The third-order valence-electron chi connectivity index (χ3n) is 2.54. The van der Waals surface area contributed by atoms with Crippen LogP contribution in [0.5, 0.6) is 5.75 Å². The zero-order chi connectivity index (χ0) is 14.4. The molecule has 0 heterocycles. The Hall–Kier alpha value is -1.17. The number of ether oxygens (including phenoxy) is 2. The molecule has 0 aliphatic heterocycles. The number of benzene rings is 1. The Balaban J connectivity index is 3.01. The van der Waals surface area contributed by atoms with Crippen molar-refractivity contribution >= 4 is 21.9 Å². The topological polar surface area (TPSA) is 35.5 Å². The molecule has 19 heavy (non-hydrogen) atoms. The first kappa shape index (κ1) is 15.9. The number of carbonyl (C=O) groups is 1. The van der Waals surface area contributed by atoms with Gasteiger partial charge in [-0.2, -0.15) is 8.78 Å². The number of hydrogen-bond donors (Lipinski definition) is 0. The average molecular weight is 337 g/mol. The van der Waals surface area contributed by atoms with Crippen LogP contribution in [0.1, 0.15) is 23.6 Å². The standard InChI is InChI=1S/C13H15BrF2O3/c1-3-18-12(17)6-9-4-10(7-14)8(2)11(5-9)19-13(15)16/h4-5,13H,3,6-7H2,1-2H3. The summed E-state index contributed by atoms with van der Waals surface area (Å²) < 4.78 is 33.9. The average Bonchev–Trinajstić information content (AvgIpc) is 2.32. The van der Waals surface area contributed by atoms with E-state index in [9.17, 15) is 13.6 Å². The summed E-state index contributed by atoms with van der Waals surface area (Å²) >= 11 is 3.28. The minimum absolute atomic E-state index is 0.0354. The smallest absolute Gasteiger partial charge is 0.387 e. The lowest BCUT2D eigenvalue weighted by Gasteiger charge is -2.13. The van der Waals surface area contributed by atoms with Gasteiger partial charge in [0.2, 0.25) is 0 Å². The SMILES string of the molecule is CCOC(=O)Cc1cc(CBr)c(C)c(OC(F)F)c1. The van der Waals surface area contributed by atoms with Crippen molar-refractivity contribution < 1.29 is 23.0 Å². The fourth-order valence-electron chi connectivity index (χ4n) is 1.65. The Kier molecular flexibility index (Phi) is 6.21. The van der Waals surface area contributed by atoms with Crippen LogP contribution in [0.2, 0.25) is 0 Å². The highest BCUT2D eigenvalue weighted by Gasteiger charge is 2.14. The van der Waals surface area contributed by atoms with E-state index in [1.54, 1.807) is 19.9 Å². The lowest BCUT2D eigenvalue weighted by molar-refractivity contribution is -0.142. The van der Waals surface area contributed by atoms with Crippen LogP contribution < -0.4 is 4.74 Å². The lowest BCUT2D eigenvalue weighted by atomic mass is 10.0. The summed E-state index contributed by atoms with van der Waals surface area (Å²) in [5.74, 6) is -0.305. The van der Waals surface area contributed by atoms with E-state index in [2.05, 4.69) is 20.7 Å². The number of halogens is 3. The maximum atomic E-state index is 12.3. The lowest BCUT2D eigenvalue weighted by Crippen LogP contribution is -2.10. The monoisotopic (exact) mass is 336 g/mol. The van der Waals surface area contributed by atoms with Gasteiger partial charge < -0.3 is 9.47 Å². The molecule has 0 aliphatic rings. The fraction of sp³-hybridized carbons (Fsp3) is 0.462. The second-order valence-electron chi connectivity index (χ2n) is 3.87. The molecule has 1 aromatic rings. The predicted molar refractivity (Wildman–Crippen MR) is 70.8 cm³/mol. The van der Waals surface area contributed by atoms with Gasteiger partial charge in [-0.3, -0.25) is 4.79 Å². The molecular formula is C13H15BrF2O3. The highest BCUT2D eigenvalue weighted by Crippen LogP contribution is 2.27. The van der Waals surface area contributed by atoms with E-state index in [4.69, 9.17) is 4.74 Å². The quantitative estimate of drug-likeness (QED) is 0.588. The van der Waals surface area contributed by atoms with Gasteiger partial charge in [-0.25, -0.2) is 0 Å². The molecule has 0 N–H and O–H groups in total. The summed E-state index contributed by atoms with van der Waals surface area (Å²) in [7, 11) is 0. The van der Waals surface area contributed by atoms with Crippen LogP contribution >= 0.6 is 15.9 Å². The molecule has 0 atom stereocenters. The normalized spacial score (nSPS) is 10.6. The Morgan fingerprint density at radius 1 is 1.42 bits per heavy atom. The molecule has 0 spiro atoms. The van der Waals surface area contributed by atoms with E-state index >= 15 is 0 Å². The van der Waals surface area contributed by atoms with E-state index < -0.39 is 12.6 Å². The molecule has 6 heteroatoms. The molecular weight excluding hydrogens is 322 g/mol. The van der Waals surface area contributed by atoms with Crippen LogP contribution in [0.25, 0.3) is 0 Å². The van der Waals surface area contributed by atoms with E-state index in [0.717, 1.165) is 5.56 Å². The van der Waals surface area contributed by atoms with Gasteiger partial charge >= 0.3 is 12.6 Å². The summed E-state index contributed by atoms with van der Waals surface area (Å²) in [4.78, 5) is 11.4. The van der Waals surface area contributed by atoms with Gasteiger partial charge in [0.1, 0.15) is 5.75 Å². The summed E-state index contributed by atoms with van der Waals surface area (Å²) in [5.41, 5.74) is 2.02. The maximum absolute atomic E-state index is 12.3. The third-order valence-corrected chi connectivity index (χ3v) is 3.15. The molecule has 0 fully saturated rings. The summed E-state index contributed by atoms with van der Waals surface area (Å²) in [6.07, 6.45) is 0.0354. The van der Waals surface area contributed by atoms with Crippen LogP contribution in [0.3, 0.4) is 0 Å². The largest absolute Gasteiger partial charge is 0.466 e. The van der Waals surface area contributed by atoms with Gasteiger partial charge in [-0.15, -0.1) is 0 Å². The van der Waals surface area contributed by atoms with Crippen molar-refractivity contribution in [3.63, 3.8) is 0 Å². The van der Waals surface area contributed by atoms with E-state index in [0.29, 0.717) is 16.5 Å². The highest BCUT2D eigenvalue weighted by molar-refractivity contribution is 9.08. The molecule has 0 saturated heterocycles. The van der Waals surface area contributed by atoms with Crippen LogP contribution in [0.4, 0.5) is 8.78 Å². The van der Waals surface area contributed by atoms with Crippen molar-refractivity contribution in [1.82, 2.24) is 0 Å². The zero-order valence-corrected chi connectivity index (χ0v) is 12.3. The summed E-state index contributed by atoms with van der Waals surface area (Å²) in [6.45, 7) is 0.806. The fourth-order valence-corrected chi connectivity index (χ4v) is 2.23. The van der Waals surface area contributed by atoms with Gasteiger partial charge in [0.05, 0.1) is 13.0 Å².